The quantitative estimate of drug-likeness (QED) is 0.312. The highest BCUT2D eigenvalue weighted by Crippen LogP contribution is 2.33. The summed E-state index contributed by atoms with van der Waals surface area (Å²) in [5.41, 5.74) is 0. The first kappa shape index (κ1) is 20.4. The maximum absolute atomic E-state index is 11.9. The van der Waals surface area contributed by atoms with Gasteiger partial charge in [0.15, 0.2) is 6.04 Å². The van der Waals surface area contributed by atoms with Crippen molar-refractivity contribution in [3.63, 3.8) is 0 Å². The second-order valence-electron chi connectivity index (χ2n) is 5.30. The van der Waals surface area contributed by atoms with Crippen LogP contribution in [0.5, 0.6) is 0 Å². The summed E-state index contributed by atoms with van der Waals surface area (Å²) in [6.45, 7) is 4.72. The minimum Gasteiger partial charge on any atom is -0.480 e. The van der Waals surface area contributed by atoms with Crippen LogP contribution in [0.3, 0.4) is 0 Å². The van der Waals surface area contributed by atoms with E-state index in [0.29, 0.717) is 12.2 Å². The Bertz CT molecular complexity index is 401. The van der Waals surface area contributed by atoms with E-state index in [0.717, 1.165) is 0 Å². The highest BCUT2D eigenvalue weighted by Gasteiger charge is 2.34. The van der Waals surface area contributed by atoms with Crippen molar-refractivity contribution in [1.82, 2.24) is 10.4 Å². The first-order chi connectivity index (χ1) is 9.64. The molecule has 0 heterocycles. The van der Waals surface area contributed by atoms with Crippen molar-refractivity contribution in [2.24, 2.45) is 5.92 Å². The van der Waals surface area contributed by atoms with E-state index < -0.39 is 25.1 Å². The largest absolute Gasteiger partial charge is 0.480 e. The van der Waals surface area contributed by atoms with Crippen LogP contribution in [0.2, 0.25) is 0 Å². The van der Waals surface area contributed by atoms with Crippen LogP contribution in [0.25, 0.3) is 0 Å². The SMILES string of the molecule is CC[C@H](CSC)C(C(=O)O)N(O)C(=O)CNCP(C)(C)=O. The number of carbonyl (C=O) groups excluding carboxylic acids is 1. The lowest BCUT2D eigenvalue weighted by atomic mass is 9.98. The standard InChI is InChI=1S/C12H25N2O5PS/c1-5-9(7-21-4)11(12(16)17)14(18)10(15)6-13-8-20(2,3)19/h9,11,13,18H,5-8H2,1-4H3,(H,16,17)/t9-,11?/m1/s1. The van der Waals surface area contributed by atoms with E-state index in [9.17, 15) is 24.5 Å². The van der Waals surface area contributed by atoms with E-state index >= 15 is 0 Å². The number of hydroxylamine groups is 2. The molecule has 3 N–H and O–H groups in total. The molecular formula is C12H25N2O5PS. The van der Waals surface area contributed by atoms with Crippen molar-refractivity contribution in [2.45, 2.75) is 19.4 Å². The highest BCUT2D eigenvalue weighted by atomic mass is 32.2. The molecule has 1 amide bonds. The Hall–Kier alpha value is -0.560. The van der Waals surface area contributed by atoms with Crippen molar-refractivity contribution < 1.29 is 24.5 Å². The van der Waals surface area contributed by atoms with Crippen LogP contribution in [0.1, 0.15) is 13.3 Å². The van der Waals surface area contributed by atoms with Crippen molar-refractivity contribution in [1.29, 1.82) is 0 Å². The Balaban J connectivity index is 4.73. The molecule has 0 spiro atoms. The lowest BCUT2D eigenvalue weighted by Crippen LogP contribution is -2.50. The van der Waals surface area contributed by atoms with Gasteiger partial charge >= 0.3 is 5.97 Å². The number of hydrogen-bond acceptors (Lipinski definition) is 6. The third-order valence-corrected chi connectivity index (χ3v) is 4.64. The van der Waals surface area contributed by atoms with Gasteiger partial charge in [-0.2, -0.15) is 11.8 Å². The van der Waals surface area contributed by atoms with Gasteiger partial charge in [0.1, 0.15) is 0 Å². The zero-order chi connectivity index (χ0) is 16.6. The minimum atomic E-state index is -2.31. The molecule has 0 aliphatic rings. The molecule has 0 fully saturated rings. The van der Waals surface area contributed by atoms with Crippen LogP contribution in [-0.2, 0) is 14.2 Å². The summed E-state index contributed by atoms with van der Waals surface area (Å²) in [7, 11) is -2.31. The van der Waals surface area contributed by atoms with Crippen molar-refractivity contribution >= 4 is 30.8 Å². The van der Waals surface area contributed by atoms with Crippen molar-refractivity contribution in [3.8, 4) is 0 Å². The molecule has 0 saturated carbocycles. The molecular weight excluding hydrogens is 315 g/mol. The first-order valence-corrected chi connectivity index (χ1v) is 10.8. The molecule has 0 aromatic heterocycles. The summed E-state index contributed by atoms with van der Waals surface area (Å²) in [5, 5.41) is 22.1. The first-order valence-electron chi connectivity index (χ1n) is 6.61. The smallest absolute Gasteiger partial charge is 0.329 e. The monoisotopic (exact) mass is 340 g/mol. The van der Waals surface area contributed by atoms with Crippen LogP contribution in [0, 0.1) is 5.92 Å². The van der Waals surface area contributed by atoms with Crippen LogP contribution >= 0.6 is 18.9 Å². The summed E-state index contributed by atoms with van der Waals surface area (Å²) >= 11 is 1.47. The summed E-state index contributed by atoms with van der Waals surface area (Å²) < 4.78 is 11.5. The number of hydrogen-bond donors (Lipinski definition) is 3. The van der Waals surface area contributed by atoms with Gasteiger partial charge in [0.05, 0.1) is 13.7 Å². The Kier molecular flexibility index (Phi) is 9.20. The number of amides is 1. The summed E-state index contributed by atoms with van der Waals surface area (Å²) in [4.78, 5) is 23.2. The van der Waals surface area contributed by atoms with E-state index in [1.54, 1.807) is 13.3 Å². The topological polar surface area (TPSA) is 107 Å². The van der Waals surface area contributed by atoms with Crippen molar-refractivity contribution in [2.75, 3.05) is 38.2 Å². The third-order valence-electron chi connectivity index (χ3n) is 2.89. The predicted octanol–water partition coefficient (Wildman–Crippen LogP) is 1.22. The highest BCUT2D eigenvalue weighted by molar-refractivity contribution is 7.98. The number of thioether (sulfide) groups is 1. The third kappa shape index (κ3) is 7.85. The number of carboxylic acid groups (broad SMARTS) is 1. The molecule has 0 aromatic carbocycles. The predicted molar refractivity (Wildman–Crippen MR) is 84.5 cm³/mol. The number of nitrogens with zero attached hydrogens (tertiary/aromatic N) is 1. The van der Waals surface area contributed by atoms with Gasteiger partial charge in [0.25, 0.3) is 5.91 Å². The van der Waals surface area contributed by atoms with Crippen LogP contribution < -0.4 is 5.32 Å². The van der Waals surface area contributed by atoms with Gasteiger partial charge in [0.2, 0.25) is 0 Å². The summed E-state index contributed by atoms with van der Waals surface area (Å²) in [6, 6.07) is -1.27. The fourth-order valence-corrected chi connectivity index (χ4v) is 3.32. The molecule has 0 aromatic rings. The molecule has 1 unspecified atom stereocenters. The Morgan fingerprint density at radius 2 is 1.95 bits per heavy atom. The van der Waals surface area contributed by atoms with Crippen LogP contribution in [0.4, 0.5) is 0 Å². The van der Waals surface area contributed by atoms with Gasteiger partial charge in [-0.1, -0.05) is 6.92 Å². The van der Waals surface area contributed by atoms with Crippen LogP contribution in [-0.4, -0.2) is 71.5 Å². The maximum atomic E-state index is 11.9. The molecule has 0 bridgehead atoms. The van der Waals surface area contributed by atoms with E-state index in [1.807, 2.05) is 13.2 Å². The second kappa shape index (κ2) is 9.46. The average molecular weight is 340 g/mol. The van der Waals surface area contributed by atoms with E-state index in [2.05, 4.69) is 5.32 Å². The van der Waals surface area contributed by atoms with E-state index in [1.165, 1.54) is 11.8 Å². The molecule has 0 saturated heterocycles. The van der Waals surface area contributed by atoms with Gasteiger partial charge < -0.3 is 15.0 Å². The molecule has 21 heavy (non-hydrogen) atoms. The molecule has 0 aliphatic heterocycles. The van der Waals surface area contributed by atoms with Crippen molar-refractivity contribution in [3.05, 3.63) is 0 Å². The number of carboxylic acids is 1. The number of rotatable bonds is 10. The fourth-order valence-electron chi connectivity index (χ4n) is 1.82. The van der Waals surface area contributed by atoms with Gasteiger partial charge in [-0.3, -0.25) is 10.0 Å². The molecule has 0 radical (unpaired) electrons. The molecule has 0 aliphatic carbocycles. The van der Waals surface area contributed by atoms with Gasteiger partial charge in [-0.05, 0) is 31.8 Å². The lowest BCUT2D eigenvalue weighted by molar-refractivity contribution is -0.189. The Morgan fingerprint density at radius 3 is 2.33 bits per heavy atom. The molecule has 2 atom stereocenters. The Labute approximate surface area is 129 Å². The molecule has 0 rings (SSSR count). The van der Waals surface area contributed by atoms with E-state index in [-0.39, 0.29) is 23.8 Å². The average Bonchev–Trinajstić information content (AvgIpc) is 2.35. The fraction of sp³-hybridized carbons (Fsp3) is 0.833. The molecule has 7 nitrogen and oxygen atoms in total. The number of aliphatic carboxylic acids is 1. The Morgan fingerprint density at radius 1 is 1.38 bits per heavy atom. The zero-order valence-electron chi connectivity index (χ0n) is 12.9. The van der Waals surface area contributed by atoms with Gasteiger partial charge in [0, 0.05) is 12.2 Å². The maximum Gasteiger partial charge on any atom is 0.329 e. The zero-order valence-corrected chi connectivity index (χ0v) is 14.6. The second-order valence-corrected chi connectivity index (χ2v) is 9.68. The van der Waals surface area contributed by atoms with Gasteiger partial charge in [-0.25, -0.2) is 9.86 Å². The normalized spacial score (nSPS) is 14.5. The lowest BCUT2D eigenvalue weighted by Gasteiger charge is -2.29. The number of carbonyl (C=O) groups is 2. The summed E-state index contributed by atoms with van der Waals surface area (Å²) in [5.74, 6) is -1.78. The summed E-state index contributed by atoms with van der Waals surface area (Å²) in [6.07, 6.45) is 2.54. The van der Waals surface area contributed by atoms with Gasteiger partial charge in [-0.15, -0.1) is 0 Å². The number of nitrogens with one attached hydrogen (secondary N) is 1. The van der Waals surface area contributed by atoms with E-state index in [4.69, 9.17) is 0 Å². The minimum absolute atomic E-state index is 0.159. The molecule has 9 heteroatoms. The van der Waals surface area contributed by atoms with Crippen LogP contribution in [0.15, 0.2) is 0 Å². The molecule has 124 valence electrons.